The van der Waals surface area contributed by atoms with Crippen molar-refractivity contribution in [3.63, 3.8) is 0 Å². The maximum atomic E-state index is 12.8. The second kappa shape index (κ2) is 10.8. The Balaban J connectivity index is 0.00000140. The fourth-order valence-electron chi connectivity index (χ4n) is 5.24. The molecule has 0 aliphatic carbocycles. The average molecular weight is 428 g/mol. The number of amides is 1. The van der Waals surface area contributed by atoms with E-state index in [9.17, 15) is 4.79 Å². The molecule has 3 saturated heterocycles. The number of likely N-dealkylation sites (tertiary alicyclic amines) is 1. The first-order valence-corrected chi connectivity index (χ1v) is 10.5. The first kappa shape index (κ1) is 23.5. The standard InChI is InChI=1S/C22H33N3O.2ClH/c1-24(22(26)15-18-13-19-7-8-20(14-18)23-19)21-9-11-25(12-10-21)16-17-5-3-2-4-6-17;;/h2-6,18-21,23H,7-16H2,1H3;2*1H. The molecule has 1 amide bonds. The minimum Gasteiger partial charge on any atom is -0.343 e. The van der Waals surface area contributed by atoms with Crippen LogP contribution in [-0.2, 0) is 11.3 Å². The first-order valence-electron chi connectivity index (χ1n) is 10.5. The van der Waals surface area contributed by atoms with Crippen LogP contribution >= 0.6 is 24.8 Å². The Labute approximate surface area is 182 Å². The molecule has 1 aromatic carbocycles. The summed E-state index contributed by atoms with van der Waals surface area (Å²) in [6.07, 6.45) is 7.99. The summed E-state index contributed by atoms with van der Waals surface area (Å²) >= 11 is 0. The van der Waals surface area contributed by atoms with Crippen molar-refractivity contribution in [2.24, 2.45) is 5.92 Å². The molecule has 3 aliphatic heterocycles. The minimum absolute atomic E-state index is 0. The van der Waals surface area contributed by atoms with E-state index in [2.05, 4.69) is 45.4 Å². The van der Waals surface area contributed by atoms with Gasteiger partial charge in [-0.1, -0.05) is 30.3 Å². The Kier molecular flexibility index (Phi) is 9.07. The van der Waals surface area contributed by atoms with Crippen LogP contribution < -0.4 is 5.32 Å². The summed E-state index contributed by atoms with van der Waals surface area (Å²) in [6.45, 7) is 3.21. The monoisotopic (exact) mass is 427 g/mol. The van der Waals surface area contributed by atoms with Gasteiger partial charge < -0.3 is 10.2 Å². The van der Waals surface area contributed by atoms with Gasteiger partial charge in [-0.25, -0.2) is 0 Å². The molecule has 3 heterocycles. The highest BCUT2D eigenvalue weighted by Gasteiger charge is 2.35. The van der Waals surface area contributed by atoms with Gasteiger partial charge in [-0.3, -0.25) is 9.69 Å². The fourth-order valence-corrected chi connectivity index (χ4v) is 5.24. The number of hydrogen-bond acceptors (Lipinski definition) is 3. The molecular weight excluding hydrogens is 393 g/mol. The van der Waals surface area contributed by atoms with Crippen molar-refractivity contribution in [2.45, 2.75) is 69.6 Å². The second-order valence-corrected chi connectivity index (χ2v) is 8.68. The molecule has 4 nitrogen and oxygen atoms in total. The third-order valence-corrected chi connectivity index (χ3v) is 6.78. The van der Waals surface area contributed by atoms with Crippen LogP contribution in [0.2, 0.25) is 0 Å². The Morgan fingerprint density at radius 1 is 1.04 bits per heavy atom. The molecule has 0 spiro atoms. The maximum Gasteiger partial charge on any atom is 0.222 e. The van der Waals surface area contributed by atoms with Crippen molar-refractivity contribution >= 4 is 30.7 Å². The normalized spacial score (nSPS) is 27.5. The van der Waals surface area contributed by atoms with E-state index in [0.29, 0.717) is 30.0 Å². The van der Waals surface area contributed by atoms with Crippen LogP contribution in [0.1, 0.15) is 50.5 Å². The predicted octanol–water partition coefficient (Wildman–Crippen LogP) is 3.87. The van der Waals surface area contributed by atoms with Gasteiger partial charge in [-0.2, -0.15) is 0 Å². The van der Waals surface area contributed by atoms with E-state index in [-0.39, 0.29) is 24.8 Å². The molecule has 2 unspecified atom stereocenters. The number of rotatable bonds is 5. The Morgan fingerprint density at radius 2 is 1.64 bits per heavy atom. The molecule has 0 saturated carbocycles. The predicted molar refractivity (Wildman–Crippen MR) is 119 cm³/mol. The molecule has 2 bridgehead atoms. The summed E-state index contributed by atoms with van der Waals surface area (Å²) in [6, 6.07) is 12.5. The number of nitrogens with one attached hydrogen (secondary N) is 1. The molecule has 0 radical (unpaired) electrons. The Hall–Kier alpha value is -0.810. The van der Waals surface area contributed by atoms with Gasteiger partial charge >= 0.3 is 0 Å². The van der Waals surface area contributed by atoms with Crippen LogP contribution in [0.25, 0.3) is 0 Å². The molecular formula is C22H35Cl2N3O. The zero-order valence-corrected chi connectivity index (χ0v) is 18.5. The first-order chi connectivity index (χ1) is 12.7. The van der Waals surface area contributed by atoms with E-state index in [0.717, 1.165) is 38.9 Å². The summed E-state index contributed by atoms with van der Waals surface area (Å²) in [4.78, 5) is 17.4. The number of benzene rings is 1. The number of nitrogens with zero attached hydrogens (tertiary/aromatic N) is 2. The Bertz CT molecular complexity index is 595. The van der Waals surface area contributed by atoms with Crippen LogP contribution in [0.15, 0.2) is 30.3 Å². The second-order valence-electron chi connectivity index (χ2n) is 8.68. The van der Waals surface area contributed by atoms with E-state index < -0.39 is 0 Å². The van der Waals surface area contributed by atoms with E-state index in [1.807, 2.05) is 7.05 Å². The van der Waals surface area contributed by atoms with Crippen molar-refractivity contribution in [1.82, 2.24) is 15.1 Å². The van der Waals surface area contributed by atoms with Crippen molar-refractivity contribution in [3.05, 3.63) is 35.9 Å². The van der Waals surface area contributed by atoms with Crippen LogP contribution in [0.5, 0.6) is 0 Å². The van der Waals surface area contributed by atoms with Crippen molar-refractivity contribution in [1.29, 1.82) is 0 Å². The summed E-state index contributed by atoms with van der Waals surface area (Å²) < 4.78 is 0. The summed E-state index contributed by atoms with van der Waals surface area (Å²) in [5.74, 6) is 0.972. The highest BCUT2D eigenvalue weighted by Crippen LogP contribution is 2.33. The quantitative estimate of drug-likeness (QED) is 0.774. The zero-order chi connectivity index (χ0) is 17.9. The van der Waals surface area contributed by atoms with Crippen LogP contribution in [-0.4, -0.2) is 54.0 Å². The zero-order valence-electron chi connectivity index (χ0n) is 16.9. The van der Waals surface area contributed by atoms with Crippen LogP contribution in [0.3, 0.4) is 0 Å². The number of hydrogen-bond donors (Lipinski definition) is 1. The lowest BCUT2D eigenvalue weighted by molar-refractivity contribution is -0.134. The van der Waals surface area contributed by atoms with Crippen molar-refractivity contribution in [2.75, 3.05) is 20.1 Å². The highest BCUT2D eigenvalue weighted by atomic mass is 35.5. The van der Waals surface area contributed by atoms with E-state index in [1.54, 1.807) is 0 Å². The molecule has 1 N–H and O–H groups in total. The number of carbonyl (C=O) groups excluding carboxylic acids is 1. The van der Waals surface area contributed by atoms with Crippen molar-refractivity contribution < 1.29 is 4.79 Å². The third-order valence-electron chi connectivity index (χ3n) is 6.78. The van der Waals surface area contributed by atoms with Crippen molar-refractivity contribution in [3.8, 4) is 0 Å². The van der Waals surface area contributed by atoms with Gasteiger partial charge in [0.1, 0.15) is 0 Å². The van der Waals surface area contributed by atoms with Gasteiger partial charge in [0.05, 0.1) is 0 Å². The maximum absolute atomic E-state index is 12.8. The van der Waals surface area contributed by atoms with Gasteiger partial charge in [0.15, 0.2) is 0 Å². The molecule has 3 fully saturated rings. The lowest BCUT2D eigenvalue weighted by atomic mass is 9.89. The van der Waals surface area contributed by atoms with Gasteiger partial charge in [-0.05, 0) is 50.0 Å². The average Bonchev–Trinajstić information content (AvgIpc) is 3.01. The van der Waals surface area contributed by atoms with Crippen LogP contribution in [0, 0.1) is 5.92 Å². The molecule has 158 valence electrons. The summed E-state index contributed by atoms with van der Waals surface area (Å²) in [5, 5.41) is 3.68. The molecule has 4 rings (SSSR count). The number of piperidine rings is 2. The number of halogens is 2. The van der Waals surface area contributed by atoms with Gasteiger partial charge in [0.25, 0.3) is 0 Å². The minimum atomic E-state index is 0. The topological polar surface area (TPSA) is 35.6 Å². The van der Waals surface area contributed by atoms with E-state index >= 15 is 0 Å². The van der Waals surface area contributed by atoms with Crippen LogP contribution in [0.4, 0.5) is 0 Å². The van der Waals surface area contributed by atoms with Gasteiger partial charge in [0, 0.05) is 51.2 Å². The number of carbonyl (C=O) groups is 1. The fraction of sp³-hybridized carbons (Fsp3) is 0.682. The lowest BCUT2D eigenvalue weighted by Crippen LogP contribution is -2.46. The third kappa shape index (κ3) is 5.85. The highest BCUT2D eigenvalue weighted by molar-refractivity contribution is 5.85. The smallest absolute Gasteiger partial charge is 0.222 e. The van der Waals surface area contributed by atoms with E-state index in [1.165, 1.54) is 31.2 Å². The largest absolute Gasteiger partial charge is 0.343 e. The molecule has 3 aliphatic rings. The molecule has 6 heteroatoms. The summed E-state index contributed by atoms with van der Waals surface area (Å²) in [5.41, 5.74) is 1.39. The SMILES string of the molecule is CN(C(=O)CC1CC2CCC(C1)N2)C1CCN(Cc2ccccc2)CC1.Cl.Cl. The molecule has 2 atom stereocenters. The molecule has 1 aromatic rings. The molecule has 28 heavy (non-hydrogen) atoms. The van der Waals surface area contributed by atoms with E-state index in [4.69, 9.17) is 0 Å². The molecule has 0 aromatic heterocycles. The number of fused-ring (bicyclic) bond motifs is 2. The van der Waals surface area contributed by atoms with Gasteiger partial charge in [-0.15, -0.1) is 24.8 Å². The Morgan fingerprint density at radius 3 is 2.25 bits per heavy atom. The van der Waals surface area contributed by atoms with Gasteiger partial charge in [0.2, 0.25) is 5.91 Å². The lowest BCUT2D eigenvalue weighted by Gasteiger charge is -2.38. The summed E-state index contributed by atoms with van der Waals surface area (Å²) in [7, 11) is 2.04.